The van der Waals surface area contributed by atoms with Crippen LogP contribution in [-0.4, -0.2) is 35.4 Å². The van der Waals surface area contributed by atoms with Crippen LogP contribution in [0.1, 0.15) is 32.8 Å². The van der Waals surface area contributed by atoms with E-state index in [1.54, 1.807) is 30.3 Å². The third-order valence-corrected chi connectivity index (χ3v) is 5.67. The minimum Gasteiger partial charge on any atom is -0.482 e. The molecule has 0 radical (unpaired) electrons. The largest absolute Gasteiger partial charge is 0.482 e. The molecule has 0 saturated carbocycles. The van der Waals surface area contributed by atoms with Crippen molar-refractivity contribution in [1.29, 1.82) is 0 Å². The number of halogens is 4. The van der Waals surface area contributed by atoms with Crippen molar-refractivity contribution >= 4 is 58.2 Å². The monoisotopic (exact) mass is 504 g/mol. The average molecular weight is 506 g/mol. The molecule has 0 heterocycles. The van der Waals surface area contributed by atoms with Crippen molar-refractivity contribution in [2.24, 2.45) is 0 Å². The van der Waals surface area contributed by atoms with Crippen molar-refractivity contribution in [3.63, 3.8) is 0 Å². The summed E-state index contributed by atoms with van der Waals surface area (Å²) >= 11 is 24.2. The normalized spacial score (nSPS) is 11.9. The molecule has 2 aromatic carbocycles. The molecule has 31 heavy (non-hydrogen) atoms. The summed E-state index contributed by atoms with van der Waals surface area (Å²) in [6, 6.07) is 9.08. The van der Waals surface area contributed by atoms with Crippen LogP contribution >= 0.6 is 46.4 Å². The molecule has 0 bridgehead atoms. The smallest absolute Gasteiger partial charge is 0.261 e. The van der Waals surface area contributed by atoms with Crippen LogP contribution in [0.2, 0.25) is 20.1 Å². The van der Waals surface area contributed by atoms with E-state index in [0.29, 0.717) is 32.3 Å². The van der Waals surface area contributed by atoms with Gasteiger partial charge in [0, 0.05) is 17.6 Å². The van der Waals surface area contributed by atoms with Gasteiger partial charge < -0.3 is 15.0 Å². The van der Waals surface area contributed by atoms with E-state index in [1.165, 1.54) is 11.0 Å². The van der Waals surface area contributed by atoms with E-state index in [2.05, 4.69) is 5.32 Å². The first-order valence-corrected chi connectivity index (χ1v) is 11.2. The number of ether oxygens (including phenoxy) is 1. The Kier molecular flexibility index (Phi) is 9.76. The van der Waals surface area contributed by atoms with Gasteiger partial charge in [-0.2, -0.15) is 0 Å². The molecule has 168 valence electrons. The maximum atomic E-state index is 13.1. The summed E-state index contributed by atoms with van der Waals surface area (Å²) in [5.41, 5.74) is 0.739. The SMILES string of the molecule is CC[C@@H](C(=O)NC(C)C)N(Cc1ccc(Cl)c(Cl)c1)C(=O)COc1ccc(Cl)cc1Cl. The van der Waals surface area contributed by atoms with Gasteiger partial charge in [0.2, 0.25) is 5.91 Å². The fourth-order valence-electron chi connectivity index (χ4n) is 2.95. The van der Waals surface area contributed by atoms with Crippen LogP contribution in [-0.2, 0) is 16.1 Å². The van der Waals surface area contributed by atoms with Crippen molar-refractivity contribution in [2.75, 3.05) is 6.61 Å². The number of carbonyl (C=O) groups excluding carboxylic acids is 2. The predicted molar refractivity (Wildman–Crippen MR) is 126 cm³/mol. The second kappa shape index (κ2) is 11.8. The molecule has 0 aromatic heterocycles. The third kappa shape index (κ3) is 7.46. The molecule has 1 atom stereocenters. The Morgan fingerprint density at radius 1 is 1.00 bits per heavy atom. The Hall–Kier alpha value is -1.66. The Morgan fingerprint density at radius 2 is 1.71 bits per heavy atom. The van der Waals surface area contributed by atoms with Gasteiger partial charge >= 0.3 is 0 Å². The molecule has 2 amide bonds. The highest BCUT2D eigenvalue weighted by Gasteiger charge is 2.29. The van der Waals surface area contributed by atoms with Crippen LogP contribution in [0, 0.1) is 0 Å². The minimum atomic E-state index is -0.686. The van der Waals surface area contributed by atoms with Gasteiger partial charge in [-0.05, 0) is 56.2 Å². The fourth-order valence-corrected chi connectivity index (χ4v) is 3.73. The quantitative estimate of drug-likeness (QED) is 0.453. The first-order chi connectivity index (χ1) is 14.6. The molecule has 0 aliphatic rings. The van der Waals surface area contributed by atoms with Gasteiger partial charge in [0.15, 0.2) is 6.61 Å². The predicted octanol–water partition coefficient (Wildman–Crippen LogP) is 6.01. The summed E-state index contributed by atoms with van der Waals surface area (Å²) < 4.78 is 5.61. The van der Waals surface area contributed by atoms with Crippen molar-refractivity contribution in [3.8, 4) is 5.75 Å². The van der Waals surface area contributed by atoms with E-state index < -0.39 is 6.04 Å². The van der Waals surface area contributed by atoms with Crippen LogP contribution in [0.5, 0.6) is 5.75 Å². The van der Waals surface area contributed by atoms with E-state index in [0.717, 1.165) is 5.56 Å². The first-order valence-electron chi connectivity index (χ1n) is 9.74. The Bertz CT molecular complexity index is 937. The van der Waals surface area contributed by atoms with E-state index in [4.69, 9.17) is 51.1 Å². The molecule has 0 unspecified atom stereocenters. The van der Waals surface area contributed by atoms with Crippen LogP contribution < -0.4 is 10.1 Å². The number of hydrogen-bond acceptors (Lipinski definition) is 3. The second-order valence-electron chi connectivity index (χ2n) is 7.22. The summed E-state index contributed by atoms with van der Waals surface area (Å²) in [6.07, 6.45) is 0.424. The number of rotatable bonds is 9. The first kappa shape index (κ1) is 25.6. The Morgan fingerprint density at radius 3 is 2.29 bits per heavy atom. The summed E-state index contributed by atoms with van der Waals surface area (Å²) in [4.78, 5) is 27.4. The van der Waals surface area contributed by atoms with Gasteiger partial charge in [-0.3, -0.25) is 9.59 Å². The second-order valence-corrected chi connectivity index (χ2v) is 8.88. The molecular weight excluding hydrogens is 482 g/mol. The highest BCUT2D eigenvalue weighted by atomic mass is 35.5. The summed E-state index contributed by atoms with van der Waals surface area (Å²) in [7, 11) is 0. The van der Waals surface area contributed by atoms with Crippen molar-refractivity contribution in [2.45, 2.75) is 45.8 Å². The van der Waals surface area contributed by atoms with Gasteiger partial charge in [-0.1, -0.05) is 59.4 Å². The van der Waals surface area contributed by atoms with E-state index in [-0.39, 0.29) is 31.0 Å². The molecule has 0 aliphatic carbocycles. The van der Waals surface area contributed by atoms with Crippen LogP contribution in [0.4, 0.5) is 0 Å². The Balaban J connectivity index is 2.26. The number of nitrogens with zero attached hydrogens (tertiary/aromatic N) is 1. The number of nitrogens with one attached hydrogen (secondary N) is 1. The van der Waals surface area contributed by atoms with Crippen molar-refractivity contribution < 1.29 is 14.3 Å². The lowest BCUT2D eigenvalue weighted by Gasteiger charge is -2.31. The van der Waals surface area contributed by atoms with Crippen LogP contribution in [0.15, 0.2) is 36.4 Å². The summed E-state index contributed by atoms with van der Waals surface area (Å²) in [6.45, 7) is 5.44. The van der Waals surface area contributed by atoms with Gasteiger partial charge in [0.25, 0.3) is 5.91 Å². The molecular formula is C22H24Cl4N2O3. The zero-order chi connectivity index (χ0) is 23.1. The van der Waals surface area contributed by atoms with E-state index >= 15 is 0 Å². The average Bonchev–Trinajstić information content (AvgIpc) is 2.69. The summed E-state index contributed by atoms with van der Waals surface area (Å²) in [5.74, 6) is -0.285. The van der Waals surface area contributed by atoms with Crippen molar-refractivity contribution in [1.82, 2.24) is 10.2 Å². The minimum absolute atomic E-state index is 0.0624. The Labute approximate surface area is 202 Å². The number of carbonyl (C=O) groups is 2. The molecule has 2 aromatic rings. The fraction of sp³-hybridized carbons (Fsp3) is 0.364. The number of amides is 2. The molecule has 9 heteroatoms. The molecule has 0 aliphatic heterocycles. The van der Waals surface area contributed by atoms with Gasteiger partial charge in [0.05, 0.1) is 15.1 Å². The molecule has 2 rings (SSSR count). The third-order valence-electron chi connectivity index (χ3n) is 4.40. The molecule has 0 saturated heterocycles. The highest BCUT2D eigenvalue weighted by Crippen LogP contribution is 2.28. The summed E-state index contributed by atoms with van der Waals surface area (Å²) in [5, 5.41) is 4.40. The molecule has 5 nitrogen and oxygen atoms in total. The molecule has 0 spiro atoms. The zero-order valence-electron chi connectivity index (χ0n) is 17.4. The highest BCUT2D eigenvalue weighted by molar-refractivity contribution is 6.42. The topological polar surface area (TPSA) is 58.6 Å². The van der Waals surface area contributed by atoms with E-state index in [1.807, 2.05) is 20.8 Å². The lowest BCUT2D eigenvalue weighted by molar-refractivity contribution is -0.143. The lowest BCUT2D eigenvalue weighted by atomic mass is 10.1. The van der Waals surface area contributed by atoms with Gasteiger partial charge in [0.1, 0.15) is 11.8 Å². The van der Waals surface area contributed by atoms with Crippen molar-refractivity contribution in [3.05, 3.63) is 62.1 Å². The van der Waals surface area contributed by atoms with Crippen LogP contribution in [0.25, 0.3) is 0 Å². The van der Waals surface area contributed by atoms with Gasteiger partial charge in [-0.25, -0.2) is 0 Å². The lowest BCUT2D eigenvalue weighted by Crippen LogP contribution is -2.51. The number of hydrogen-bond donors (Lipinski definition) is 1. The molecule has 0 fully saturated rings. The van der Waals surface area contributed by atoms with E-state index in [9.17, 15) is 9.59 Å². The van der Waals surface area contributed by atoms with Gasteiger partial charge in [-0.15, -0.1) is 0 Å². The standard InChI is InChI=1S/C22H24Cl4N2O3/c1-4-19(22(30)27-13(2)3)28(11-14-5-7-16(24)17(25)9-14)21(29)12-31-20-8-6-15(23)10-18(20)26/h5-10,13,19H,4,11-12H2,1-3H3,(H,27,30)/t19-/m0/s1. The number of benzene rings is 2. The maximum absolute atomic E-state index is 13.1. The zero-order valence-corrected chi connectivity index (χ0v) is 20.4. The maximum Gasteiger partial charge on any atom is 0.261 e. The molecule has 1 N–H and O–H groups in total. The van der Waals surface area contributed by atoms with Crippen LogP contribution in [0.3, 0.4) is 0 Å².